The minimum absolute atomic E-state index is 0.127. The number of hydrogen-bond donors (Lipinski definition) is 0. The molecular formula is C19H24ClNO4S. The fourth-order valence-electron chi connectivity index (χ4n) is 3.74. The maximum absolute atomic E-state index is 12.8. The molecule has 0 aromatic heterocycles. The molecule has 2 rings (SSSR count). The summed E-state index contributed by atoms with van der Waals surface area (Å²) in [5.74, 6) is -0.831. The van der Waals surface area contributed by atoms with E-state index in [4.69, 9.17) is 16.3 Å². The van der Waals surface area contributed by atoms with Crippen LogP contribution in [0.15, 0.2) is 23.1 Å². The molecular weight excluding hydrogens is 374 g/mol. The third kappa shape index (κ3) is 4.41. The summed E-state index contributed by atoms with van der Waals surface area (Å²) in [6.07, 6.45) is 2.47. The van der Waals surface area contributed by atoms with E-state index in [1.807, 2.05) is 40.0 Å². The lowest BCUT2D eigenvalue weighted by Gasteiger charge is -2.51. The van der Waals surface area contributed by atoms with Crippen LogP contribution in [0.3, 0.4) is 0 Å². The van der Waals surface area contributed by atoms with Gasteiger partial charge in [-0.25, -0.2) is 4.79 Å². The average molecular weight is 398 g/mol. The zero-order valence-electron chi connectivity index (χ0n) is 15.7. The lowest BCUT2D eigenvalue weighted by Crippen LogP contribution is -2.63. The fraction of sp³-hybridized carbons (Fsp3) is 0.526. The number of nitrogens with zero attached hydrogens (tertiary/aromatic N) is 1. The Morgan fingerprint density at radius 3 is 2.31 bits per heavy atom. The predicted octanol–water partition coefficient (Wildman–Crippen LogP) is 3.97. The second kappa shape index (κ2) is 7.61. The van der Waals surface area contributed by atoms with Gasteiger partial charge in [-0.05, 0) is 52.1 Å². The number of thioether (sulfide) groups is 1. The van der Waals surface area contributed by atoms with Gasteiger partial charge in [0.1, 0.15) is 5.78 Å². The van der Waals surface area contributed by atoms with E-state index in [-0.39, 0.29) is 41.7 Å². The molecule has 7 heteroatoms. The van der Waals surface area contributed by atoms with Gasteiger partial charge in [0, 0.05) is 28.8 Å². The van der Waals surface area contributed by atoms with Crippen molar-refractivity contribution in [2.24, 2.45) is 0 Å². The van der Waals surface area contributed by atoms with E-state index >= 15 is 0 Å². The Hall–Kier alpha value is -1.53. The molecule has 1 aromatic carbocycles. The number of piperidine rings is 1. The van der Waals surface area contributed by atoms with E-state index < -0.39 is 17.0 Å². The number of halogens is 1. The number of rotatable bonds is 4. The molecule has 1 amide bonds. The van der Waals surface area contributed by atoms with Crippen molar-refractivity contribution in [2.45, 2.75) is 56.5 Å². The summed E-state index contributed by atoms with van der Waals surface area (Å²) in [5.41, 5.74) is -1.02. The molecule has 1 heterocycles. The van der Waals surface area contributed by atoms with Gasteiger partial charge in [-0.2, -0.15) is 0 Å². The molecule has 0 saturated carbocycles. The SMILES string of the molecule is CSc1ccc(Cl)c(C(=O)OCC(=O)N2C(C)(C)CC(=O)CC2(C)C)c1. The molecule has 1 aromatic rings. The Labute approximate surface area is 163 Å². The minimum atomic E-state index is -0.636. The van der Waals surface area contributed by atoms with E-state index in [0.29, 0.717) is 0 Å². The Balaban J connectivity index is 2.12. The van der Waals surface area contributed by atoms with Gasteiger partial charge < -0.3 is 9.64 Å². The zero-order chi connectivity index (χ0) is 19.7. The van der Waals surface area contributed by atoms with Crippen LogP contribution in [0.1, 0.15) is 50.9 Å². The maximum Gasteiger partial charge on any atom is 0.340 e. The Morgan fingerprint density at radius 2 is 1.77 bits per heavy atom. The van der Waals surface area contributed by atoms with E-state index in [1.54, 1.807) is 17.0 Å². The highest BCUT2D eigenvalue weighted by Crippen LogP contribution is 2.36. The molecule has 1 aliphatic heterocycles. The minimum Gasteiger partial charge on any atom is -0.452 e. The van der Waals surface area contributed by atoms with E-state index in [2.05, 4.69) is 0 Å². The lowest BCUT2D eigenvalue weighted by molar-refractivity contribution is -0.156. The number of amides is 1. The number of carbonyl (C=O) groups excluding carboxylic acids is 3. The van der Waals surface area contributed by atoms with Crippen molar-refractivity contribution in [3.05, 3.63) is 28.8 Å². The van der Waals surface area contributed by atoms with Crippen molar-refractivity contribution in [3.8, 4) is 0 Å². The number of carbonyl (C=O) groups is 3. The first-order valence-corrected chi connectivity index (χ1v) is 9.94. The van der Waals surface area contributed by atoms with Gasteiger partial charge in [-0.1, -0.05) is 11.6 Å². The summed E-state index contributed by atoms with van der Waals surface area (Å²) in [4.78, 5) is 39.6. The van der Waals surface area contributed by atoms with E-state index in [9.17, 15) is 14.4 Å². The molecule has 1 saturated heterocycles. The van der Waals surface area contributed by atoms with Gasteiger partial charge in [0.15, 0.2) is 6.61 Å². The van der Waals surface area contributed by atoms with Gasteiger partial charge in [-0.3, -0.25) is 9.59 Å². The van der Waals surface area contributed by atoms with Crippen LogP contribution in [0.25, 0.3) is 0 Å². The first-order chi connectivity index (χ1) is 12.0. The number of ether oxygens (including phenoxy) is 1. The molecule has 0 radical (unpaired) electrons. The third-order valence-electron chi connectivity index (χ3n) is 4.44. The van der Waals surface area contributed by atoms with Crippen molar-refractivity contribution >= 4 is 41.0 Å². The summed E-state index contributed by atoms with van der Waals surface area (Å²) in [5, 5.41) is 0.282. The molecule has 1 fully saturated rings. The maximum atomic E-state index is 12.8. The van der Waals surface area contributed by atoms with Gasteiger partial charge >= 0.3 is 5.97 Å². The normalized spacial score (nSPS) is 18.5. The molecule has 142 valence electrons. The van der Waals surface area contributed by atoms with Crippen LogP contribution in [-0.4, -0.2) is 46.5 Å². The summed E-state index contributed by atoms with van der Waals surface area (Å²) in [6, 6.07) is 5.09. The van der Waals surface area contributed by atoms with Gasteiger partial charge in [0.05, 0.1) is 10.6 Å². The number of ketones is 1. The molecule has 0 unspecified atom stereocenters. The van der Waals surface area contributed by atoms with Crippen LogP contribution in [0.4, 0.5) is 0 Å². The van der Waals surface area contributed by atoms with Crippen molar-refractivity contribution < 1.29 is 19.1 Å². The van der Waals surface area contributed by atoms with Gasteiger partial charge in [0.25, 0.3) is 5.91 Å². The zero-order valence-corrected chi connectivity index (χ0v) is 17.3. The van der Waals surface area contributed by atoms with Gasteiger partial charge in [-0.15, -0.1) is 11.8 Å². The van der Waals surface area contributed by atoms with E-state index in [0.717, 1.165) is 4.90 Å². The third-order valence-corrected chi connectivity index (χ3v) is 5.49. The topological polar surface area (TPSA) is 63.7 Å². The summed E-state index contributed by atoms with van der Waals surface area (Å²) >= 11 is 7.56. The fourth-order valence-corrected chi connectivity index (χ4v) is 4.37. The first-order valence-electron chi connectivity index (χ1n) is 8.33. The predicted molar refractivity (Wildman–Crippen MR) is 103 cm³/mol. The monoisotopic (exact) mass is 397 g/mol. The average Bonchev–Trinajstić information content (AvgIpc) is 2.50. The molecule has 26 heavy (non-hydrogen) atoms. The van der Waals surface area contributed by atoms with Crippen LogP contribution >= 0.6 is 23.4 Å². The van der Waals surface area contributed by atoms with Crippen molar-refractivity contribution in [1.29, 1.82) is 0 Å². The van der Waals surface area contributed by atoms with Gasteiger partial charge in [0.2, 0.25) is 0 Å². The summed E-state index contributed by atoms with van der Waals surface area (Å²) in [7, 11) is 0. The van der Waals surface area contributed by atoms with Crippen LogP contribution < -0.4 is 0 Å². The molecule has 0 bridgehead atoms. The Kier molecular flexibility index (Phi) is 6.08. The first kappa shape index (κ1) is 20.8. The molecule has 0 aliphatic carbocycles. The van der Waals surface area contributed by atoms with Crippen LogP contribution in [-0.2, 0) is 14.3 Å². The smallest absolute Gasteiger partial charge is 0.340 e. The number of likely N-dealkylation sites (tertiary alicyclic amines) is 1. The molecule has 0 spiro atoms. The van der Waals surface area contributed by atoms with Crippen molar-refractivity contribution in [2.75, 3.05) is 12.9 Å². The lowest BCUT2D eigenvalue weighted by atomic mass is 9.79. The van der Waals surface area contributed by atoms with Crippen LogP contribution in [0.5, 0.6) is 0 Å². The Bertz CT molecular complexity index is 725. The molecule has 1 aliphatic rings. The largest absolute Gasteiger partial charge is 0.452 e. The number of Topliss-reactive ketones (excluding diaryl/α,β-unsaturated/α-hetero) is 1. The molecule has 5 nitrogen and oxygen atoms in total. The molecule has 0 atom stereocenters. The van der Waals surface area contributed by atoms with Crippen molar-refractivity contribution in [3.63, 3.8) is 0 Å². The quantitative estimate of drug-likeness (QED) is 0.568. The van der Waals surface area contributed by atoms with E-state index in [1.165, 1.54) is 11.8 Å². The highest BCUT2D eigenvalue weighted by molar-refractivity contribution is 7.98. The number of hydrogen-bond acceptors (Lipinski definition) is 5. The number of benzene rings is 1. The number of esters is 1. The second-order valence-electron chi connectivity index (χ2n) is 7.67. The highest BCUT2D eigenvalue weighted by Gasteiger charge is 2.47. The summed E-state index contributed by atoms with van der Waals surface area (Å²) < 4.78 is 5.23. The summed E-state index contributed by atoms with van der Waals surface area (Å²) in [6.45, 7) is 7.02. The molecule has 0 N–H and O–H groups in total. The Morgan fingerprint density at radius 1 is 1.19 bits per heavy atom. The highest BCUT2D eigenvalue weighted by atomic mass is 35.5. The second-order valence-corrected chi connectivity index (χ2v) is 8.96. The van der Waals surface area contributed by atoms with Crippen molar-refractivity contribution in [1.82, 2.24) is 4.90 Å². The standard InChI is InChI=1S/C19H24ClNO4S/c1-18(2)9-12(22)10-19(3,4)21(18)16(23)11-25-17(24)14-8-13(26-5)6-7-15(14)20/h6-8H,9-11H2,1-5H3. The van der Waals surface area contributed by atoms with Crippen LogP contribution in [0.2, 0.25) is 5.02 Å². The van der Waals surface area contributed by atoms with Crippen LogP contribution in [0, 0.1) is 0 Å².